The molecular weight excluding hydrogens is 404 g/mol. The summed E-state index contributed by atoms with van der Waals surface area (Å²) in [5, 5.41) is 3.33. The van der Waals surface area contributed by atoms with Crippen LogP contribution in [0.25, 0.3) is 0 Å². The van der Waals surface area contributed by atoms with Gasteiger partial charge in [-0.3, -0.25) is 19.3 Å². The van der Waals surface area contributed by atoms with Crippen molar-refractivity contribution in [2.75, 3.05) is 11.1 Å². The van der Waals surface area contributed by atoms with Crippen molar-refractivity contribution in [3.63, 3.8) is 0 Å². The standard InChI is InChI=1S/C18H21BrN2O3S/c1-11(17(24)20-13-7-5-12(19)6-8-13)21-15(23)10-25-16(21)9-14(22)18(2,3)4/h5-9,11H,10H2,1-4H3,(H,20,24)/b16-9-. The van der Waals surface area contributed by atoms with Gasteiger partial charge in [-0.15, -0.1) is 0 Å². The summed E-state index contributed by atoms with van der Waals surface area (Å²) >= 11 is 4.63. The van der Waals surface area contributed by atoms with Gasteiger partial charge in [0.05, 0.1) is 10.8 Å². The highest BCUT2D eigenvalue weighted by molar-refractivity contribution is 9.10. The number of amides is 2. The summed E-state index contributed by atoms with van der Waals surface area (Å²) in [5.41, 5.74) is 0.115. The zero-order valence-corrected chi connectivity index (χ0v) is 17.0. The van der Waals surface area contributed by atoms with Crippen molar-refractivity contribution < 1.29 is 14.4 Å². The maximum absolute atomic E-state index is 12.5. The first kappa shape index (κ1) is 19.7. The third kappa shape index (κ3) is 4.95. The molecule has 0 aromatic heterocycles. The van der Waals surface area contributed by atoms with Crippen LogP contribution in [0.1, 0.15) is 27.7 Å². The van der Waals surface area contributed by atoms with E-state index in [4.69, 9.17) is 0 Å². The van der Waals surface area contributed by atoms with Gasteiger partial charge in [-0.05, 0) is 31.2 Å². The molecule has 0 radical (unpaired) electrons. The Kier molecular flexibility index (Phi) is 6.11. The third-order valence-electron chi connectivity index (χ3n) is 3.72. The minimum atomic E-state index is -0.704. The molecule has 1 aliphatic heterocycles. The van der Waals surface area contributed by atoms with Crippen molar-refractivity contribution in [2.24, 2.45) is 5.41 Å². The lowest BCUT2D eigenvalue weighted by Gasteiger charge is -2.25. The Hall–Kier alpha value is -1.60. The summed E-state index contributed by atoms with van der Waals surface area (Å²) in [7, 11) is 0. The molecule has 0 aliphatic carbocycles. The lowest BCUT2D eigenvalue weighted by molar-refractivity contribution is -0.132. The zero-order chi connectivity index (χ0) is 18.8. The van der Waals surface area contributed by atoms with E-state index >= 15 is 0 Å². The lowest BCUT2D eigenvalue weighted by atomic mass is 9.91. The second-order valence-corrected chi connectivity index (χ2v) is 8.73. The molecule has 7 heteroatoms. The number of carbonyl (C=O) groups is 3. The van der Waals surface area contributed by atoms with E-state index in [0.717, 1.165) is 4.47 Å². The summed E-state index contributed by atoms with van der Waals surface area (Å²) in [6, 6.07) is 6.49. The van der Waals surface area contributed by atoms with Crippen molar-refractivity contribution in [3.05, 3.63) is 39.8 Å². The number of ketones is 1. The van der Waals surface area contributed by atoms with Crippen LogP contribution >= 0.6 is 27.7 Å². The number of rotatable bonds is 4. The molecule has 134 valence electrons. The average Bonchev–Trinajstić information content (AvgIpc) is 2.88. The van der Waals surface area contributed by atoms with E-state index in [1.54, 1.807) is 19.1 Å². The third-order valence-corrected chi connectivity index (χ3v) is 5.25. The fourth-order valence-electron chi connectivity index (χ4n) is 2.14. The minimum absolute atomic E-state index is 0.0739. The first-order valence-corrected chi connectivity index (χ1v) is 9.65. The lowest BCUT2D eigenvalue weighted by Crippen LogP contribution is -2.42. The molecule has 1 unspecified atom stereocenters. The molecular formula is C18H21BrN2O3S. The Labute approximate surface area is 160 Å². The molecule has 0 spiro atoms. The summed E-state index contributed by atoms with van der Waals surface area (Å²) in [5.74, 6) is -0.307. The van der Waals surface area contributed by atoms with E-state index in [2.05, 4.69) is 21.2 Å². The molecule has 2 rings (SSSR count). The van der Waals surface area contributed by atoms with Crippen LogP contribution < -0.4 is 5.32 Å². The second-order valence-electron chi connectivity index (χ2n) is 6.82. The molecule has 2 amide bonds. The van der Waals surface area contributed by atoms with Crippen LogP contribution in [0.3, 0.4) is 0 Å². The van der Waals surface area contributed by atoms with Crippen molar-refractivity contribution in [2.45, 2.75) is 33.7 Å². The number of nitrogens with one attached hydrogen (secondary N) is 1. The predicted molar refractivity (Wildman–Crippen MR) is 104 cm³/mol. The van der Waals surface area contributed by atoms with Crippen molar-refractivity contribution in [1.82, 2.24) is 4.90 Å². The van der Waals surface area contributed by atoms with E-state index in [1.807, 2.05) is 32.9 Å². The Balaban J connectivity index is 2.17. The van der Waals surface area contributed by atoms with Gasteiger partial charge in [0, 0.05) is 21.7 Å². The number of benzene rings is 1. The largest absolute Gasteiger partial charge is 0.324 e. The Morgan fingerprint density at radius 2 is 1.88 bits per heavy atom. The summed E-state index contributed by atoms with van der Waals surface area (Å²) in [4.78, 5) is 38.4. The minimum Gasteiger partial charge on any atom is -0.324 e. The van der Waals surface area contributed by atoms with Crippen LogP contribution in [0.15, 0.2) is 39.8 Å². The van der Waals surface area contributed by atoms with Gasteiger partial charge >= 0.3 is 0 Å². The first-order valence-electron chi connectivity index (χ1n) is 7.87. The summed E-state index contributed by atoms with van der Waals surface area (Å²) in [6.07, 6.45) is 1.47. The Morgan fingerprint density at radius 1 is 1.28 bits per heavy atom. The Morgan fingerprint density at radius 3 is 2.44 bits per heavy atom. The molecule has 1 fully saturated rings. The van der Waals surface area contributed by atoms with Gasteiger partial charge in [0.15, 0.2) is 5.78 Å². The number of nitrogens with zero attached hydrogens (tertiary/aromatic N) is 1. The van der Waals surface area contributed by atoms with Crippen LogP contribution in [0.4, 0.5) is 5.69 Å². The first-order chi connectivity index (χ1) is 11.6. The monoisotopic (exact) mass is 424 g/mol. The van der Waals surface area contributed by atoms with Gasteiger partial charge in [-0.1, -0.05) is 48.5 Å². The van der Waals surface area contributed by atoms with E-state index in [1.165, 1.54) is 22.7 Å². The number of thioether (sulfide) groups is 1. The second kappa shape index (κ2) is 7.74. The van der Waals surface area contributed by atoms with Crippen LogP contribution in [0.2, 0.25) is 0 Å². The van der Waals surface area contributed by atoms with Gasteiger partial charge in [0.25, 0.3) is 0 Å². The maximum Gasteiger partial charge on any atom is 0.247 e. The molecule has 1 atom stereocenters. The molecule has 25 heavy (non-hydrogen) atoms. The molecule has 0 saturated carbocycles. The maximum atomic E-state index is 12.5. The normalized spacial score (nSPS) is 17.7. The van der Waals surface area contributed by atoms with E-state index in [0.29, 0.717) is 10.7 Å². The molecule has 0 bridgehead atoms. The molecule has 1 saturated heterocycles. The van der Waals surface area contributed by atoms with Crippen LogP contribution in [-0.2, 0) is 14.4 Å². The fourth-order valence-corrected chi connectivity index (χ4v) is 3.41. The van der Waals surface area contributed by atoms with Gasteiger partial charge in [0.2, 0.25) is 11.8 Å². The van der Waals surface area contributed by atoms with Crippen LogP contribution in [-0.4, -0.2) is 34.3 Å². The number of hydrogen-bond donors (Lipinski definition) is 1. The van der Waals surface area contributed by atoms with E-state index in [-0.39, 0.29) is 23.4 Å². The predicted octanol–water partition coefficient (Wildman–Crippen LogP) is 3.81. The number of carbonyl (C=O) groups excluding carboxylic acids is 3. The molecule has 1 N–H and O–H groups in total. The van der Waals surface area contributed by atoms with Gasteiger partial charge in [-0.25, -0.2) is 0 Å². The summed E-state index contributed by atoms with van der Waals surface area (Å²) in [6.45, 7) is 7.12. The number of anilines is 1. The van der Waals surface area contributed by atoms with Crippen molar-refractivity contribution in [3.8, 4) is 0 Å². The highest BCUT2D eigenvalue weighted by atomic mass is 79.9. The SMILES string of the molecule is CC(C(=O)Nc1ccc(Br)cc1)N1C(=O)CS/C1=C\C(=O)C(C)(C)C. The number of hydrogen-bond acceptors (Lipinski definition) is 4. The average molecular weight is 425 g/mol. The van der Waals surface area contributed by atoms with Crippen LogP contribution in [0, 0.1) is 5.41 Å². The smallest absolute Gasteiger partial charge is 0.247 e. The van der Waals surface area contributed by atoms with E-state index < -0.39 is 11.5 Å². The molecule has 1 heterocycles. The van der Waals surface area contributed by atoms with E-state index in [9.17, 15) is 14.4 Å². The molecule has 5 nitrogen and oxygen atoms in total. The highest BCUT2D eigenvalue weighted by Crippen LogP contribution is 2.32. The fraction of sp³-hybridized carbons (Fsp3) is 0.389. The number of halogens is 1. The van der Waals surface area contributed by atoms with Crippen molar-refractivity contribution in [1.29, 1.82) is 0 Å². The van der Waals surface area contributed by atoms with Crippen LogP contribution in [0.5, 0.6) is 0 Å². The van der Waals surface area contributed by atoms with Gasteiger partial charge in [-0.2, -0.15) is 0 Å². The van der Waals surface area contributed by atoms with Gasteiger partial charge in [0.1, 0.15) is 6.04 Å². The molecule has 1 aromatic carbocycles. The van der Waals surface area contributed by atoms with Crippen molar-refractivity contribution >= 4 is 51.0 Å². The van der Waals surface area contributed by atoms with Gasteiger partial charge < -0.3 is 5.32 Å². The zero-order valence-electron chi connectivity index (χ0n) is 14.6. The topological polar surface area (TPSA) is 66.5 Å². The molecule has 1 aliphatic rings. The number of allylic oxidation sites excluding steroid dienone is 1. The summed E-state index contributed by atoms with van der Waals surface area (Å²) < 4.78 is 0.913. The Bertz CT molecular complexity index is 723. The quantitative estimate of drug-likeness (QED) is 0.746. The highest BCUT2D eigenvalue weighted by Gasteiger charge is 2.35. The molecule has 1 aromatic rings.